The van der Waals surface area contributed by atoms with Crippen LogP contribution >= 0.6 is 11.3 Å². The summed E-state index contributed by atoms with van der Waals surface area (Å²) in [5, 5.41) is 3.54. The third-order valence-corrected chi connectivity index (χ3v) is 3.88. The Bertz CT molecular complexity index is 381. The highest BCUT2D eigenvalue weighted by atomic mass is 32.1. The highest BCUT2D eigenvalue weighted by molar-refractivity contribution is 7.15. The normalized spacial score (nSPS) is 12.8. The molecule has 0 spiro atoms. The van der Waals surface area contributed by atoms with Crippen LogP contribution in [0.2, 0.25) is 0 Å². The van der Waals surface area contributed by atoms with Crippen LogP contribution in [0.3, 0.4) is 0 Å². The molecule has 3 N–H and O–H groups in total. The molecule has 1 amide bonds. The Morgan fingerprint density at radius 2 is 2.11 bits per heavy atom. The minimum Gasteiger partial charge on any atom is -0.330 e. The first-order chi connectivity index (χ1) is 8.42. The van der Waals surface area contributed by atoms with E-state index in [0.717, 1.165) is 17.0 Å². The van der Waals surface area contributed by atoms with Crippen LogP contribution in [0.4, 0.5) is 5.13 Å². The molecule has 102 valence electrons. The average Bonchev–Trinajstić information content (AvgIpc) is 2.56. The zero-order valence-corrected chi connectivity index (χ0v) is 12.4. The highest BCUT2D eigenvalue weighted by Crippen LogP contribution is 2.22. The zero-order valence-electron chi connectivity index (χ0n) is 11.6. The quantitative estimate of drug-likeness (QED) is 0.834. The van der Waals surface area contributed by atoms with Crippen LogP contribution in [-0.2, 0) is 4.79 Å². The van der Waals surface area contributed by atoms with Gasteiger partial charge in [0.25, 0.3) is 0 Å². The molecule has 4 nitrogen and oxygen atoms in total. The van der Waals surface area contributed by atoms with Gasteiger partial charge in [-0.25, -0.2) is 4.98 Å². The van der Waals surface area contributed by atoms with Crippen LogP contribution in [0.15, 0.2) is 0 Å². The topological polar surface area (TPSA) is 68.0 Å². The molecule has 0 aliphatic heterocycles. The number of anilines is 1. The molecule has 5 heteroatoms. The summed E-state index contributed by atoms with van der Waals surface area (Å²) in [7, 11) is 0. The first-order valence-electron chi connectivity index (χ1n) is 6.36. The van der Waals surface area contributed by atoms with Crippen molar-refractivity contribution in [2.24, 2.45) is 17.6 Å². The fourth-order valence-electron chi connectivity index (χ4n) is 1.89. The van der Waals surface area contributed by atoms with Crippen LogP contribution < -0.4 is 11.1 Å². The summed E-state index contributed by atoms with van der Waals surface area (Å²) >= 11 is 1.52. The van der Waals surface area contributed by atoms with E-state index in [1.807, 2.05) is 13.8 Å². The second-order valence-electron chi connectivity index (χ2n) is 5.14. The number of aryl methyl sites for hydroxylation is 2. The lowest BCUT2D eigenvalue weighted by Crippen LogP contribution is -2.23. The number of rotatable bonds is 6. The number of nitrogens with two attached hydrogens (primary N) is 1. The maximum atomic E-state index is 11.9. The van der Waals surface area contributed by atoms with Gasteiger partial charge in [0.05, 0.1) is 5.69 Å². The fraction of sp³-hybridized carbons (Fsp3) is 0.692. The Balaban J connectivity index is 2.50. The van der Waals surface area contributed by atoms with Gasteiger partial charge in [-0.2, -0.15) is 0 Å². The summed E-state index contributed by atoms with van der Waals surface area (Å²) in [6.45, 7) is 8.80. The summed E-state index contributed by atoms with van der Waals surface area (Å²) in [6, 6.07) is 0. The molecule has 1 atom stereocenters. The summed E-state index contributed by atoms with van der Waals surface area (Å²) in [6.07, 6.45) is 1.46. The smallest absolute Gasteiger partial charge is 0.226 e. The molecular weight excluding hydrogens is 246 g/mol. The lowest BCUT2D eigenvalue weighted by molar-refractivity contribution is -0.117. The molecule has 0 fully saturated rings. The maximum absolute atomic E-state index is 11.9. The van der Waals surface area contributed by atoms with E-state index in [-0.39, 0.29) is 11.8 Å². The van der Waals surface area contributed by atoms with Crippen molar-refractivity contribution in [3.8, 4) is 0 Å². The van der Waals surface area contributed by atoms with Crippen LogP contribution in [0.25, 0.3) is 0 Å². The Morgan fingerprint density at radius 3 is 2.56 bits per heavy atom. The molecule has 0 aromatic carbocycles. The van der Waals surface area contributed by atoms with E-state index >= 15 is 0 Å². The van der Waals surface area contributed by atoms with E-state index in [4.69, 9.17) is 5.73 Å². The van der Waals surface area contributed by atoms with Crippen LogP contribution in [0.1, 0.15) is 37.3 Å². The number of carbonyl (C=O) groups excluding carboxylic acids is 1. The van der Waals surface area contributed by atoms with Gasteiger partial charge >= 0.3 is 0 Å². The molecule has 0 saturated heterocycles. The predicted octanol–water partition coefficient (Wildman–Crippen LogP) is 2.71. The van der Waals surface area contributed by atoms with Crippen molar-refractivity contribution >= 4 is 22.4 Å². The standard InChI is InChI=1S/C13H23N3OS/c1-8(2)5-11(7-14)6-12(17)16-13-15-9(3)10(4)18-13/h8,11H,5-7,14H2,1-4H3,(H,15,16,17)/t11-/m0/s1. The van der Waals surface area contributed by atoms with Gasteiger partial charge in [0, 0.05) is 11.3 Å². The Morgan fingerprint density at radius 1 is 1.44 bits per heavy atom. The molecule has 18 heavy (non-hydrogen) atoms. The first-order valence-corrected chi connectivity index (χ1v) is 7.18. The third kappa shape index (κ3) is 4.74. The Kier molecular flexibility index (Phi) is 5.75. The molecule has 0 saturated carbocycles. The largest absolute Gasteiger partial charge is 0.330 e. The molecule has 0 aliphatic carbocycles. The summed E-state index contributed by atoms with van der Waals surface area (Å²) < 4.78 is 0. The first kappa shape index (κ1) is 15.1. The molecule has 1 aromatic heterocycles. The van der Waals surface area contributed by atoms with Crippen LogP contribution in [0.5, 0.6) is 0 Å². The summed E-state index contributed by atoms with van der Waals surface area (Å²) in [5.74, 6) is 0.836. The Labute approximate surface area is 113 Å². The van der Waals surface area contributed by atoms with Crippen molar-refractivity contribution in [2.75, 3.05) is 11.9 Å². The van der Waals surface area contributed by atoms with Gasteiger partial charge in [0.1, 0.15) is 0 Å². The number of aromatic nitrogens is 1. The maximum Gasteiger partial charge on any atom is 0.226 e. The summed E-state index contributed by atoms with van der Waals surface area (Å²) in [4.78, 5) is 17.3. The lowest BCUT2D eigenvalue weighted by Gasteiger charge is -2.15. The van der Waals surface area contributed by atoms with E-state index in [0.29, 0.717) is 24.0 Å². The van der Waals surface area contributed by atoms with Gasteiger partial charge in [0.15, 0.2) is 5.13 Å². The van der Waals surface area contributed by atoms with Gasteiger partial charge in [-0.3, -0.25) is 4.79 Å². The second kappa shape index (κ2) is 6.85. The number of carbonyl (C=O) groups is 1. The second-order valence-corrected chi connectivity index (χ2v) is 6.35. The number of nitrogens with one attached hydrogen (secondary N) is 1. The van der Waals surface area contributed by atoms with Crippen LogP contribution in [-0.4, -0.2) is 17.4 Å². The number of nitrogens with zero attached hydrogens (tertiary/aromatic N) is 1. The Hall–Kier alpha value is -0.940. The van der Waals surface area contributed by atoms with E-state index in [1.165, 1.54) is 11.3 Å². The number of thiazole rings is 1. The van der Waals surface area contributed by atoms with Crippen molar-refractivity contribution in [3.63, 3.8) is 0 Å². The third-order valence-electron chi connectivity index (χ3n) is 2.89. The average molecular weight is 269 g/mol. The fourth-order valence-corrected chi connectivity index (χ4v) is 2.72. The molecule has 1 heterocycles. The molecule has 0 bridgehead atoms. The van der Waals surface area contributed by atoms with E-state index in [9.17, 15) is 4.79 Å². The monoisotopic (exact) mass is 269 g/mol. The number of amides is 1. The lowest BCUT2D eigenvalue weighted by atomic mass is 9.94. The minimum absolute atomic E-state index is 0.0138. The highest BCUT2D eigenvalue weighted by Gasteiger charge is 2.15. The number of hydrogen-bond acceptors (Lipinski definition) is 4. The van der Waals surface area contributed by atoms with Gasteiger partial charge in [-0.15, -0.1) is 11.3 Å². The summed E-state index contributed by atoms with van der Waals surface area (Å²) in [5.41, 5.74) is 6.68. The van der Waals surface area contributed by atoms with E-state index in [2.05, 4.69) is 24.1 Å². The van der Waals surface area contributed by atoms with Crippen molar-refractivity contribution in [1.82, 2.24) is 4.98 Å². The van der Waals surface area contributed by atoms with Crippen molar-refractivity contribution < 1.29 is 4.79 Å². The zero-order chi connectivity index (χ0) is 13.7. The molecule has 1 aromatic rings. The van der Waals surface area contributed by atoms with Gasteiger partial charge in [-0.1, -0.05) is 13.8 Å². The SMILES string of the molecule is Cc1nc(NC(=O)C[C@@H](CN)CC(C)C)sc1C. The van der Waals surface area contributed by atoms with E-state index < -0.39 is 0 Å². The van der Waals surface area contributed by atoms with Gasteiger partial charge < -0.3 is 11.1 Å². The van der Waals surface area contributed by atoms with Crippen molar-refractivity contribution in [1.29, 1.82) is 0 Å². The van der Waals surface area contributed by atoms with Gasteiger partial charge in [0.2, 0.25) is 5.91 Å². The van der Waals surface area contributed by atoms with Crippen molar-refractivity contribution in [3.05, 3.63) is 10.6 Å². The van der Waals surface area contributed by atoms with Gasteiger partial charge in [-0.05, 0) is 38.6 Å². The van der Waals surface area contributed by atoms with Crippen LogP contribution in [0, 0.1) is 25.7 Å². The van der Waals surface area contributed by atoms with Crippen molar-refractivity contribution in [2.45, 2.75) is 40.5 Å². The van der Waals surface area contributed by atoms with E-state index in [1.54, 1.807) is 0 Å². The molecule has 0 aliphatic rings. The minimum atomic E-state index is 0.0138. The predicted molar refractivity (Wildman–Crippen MR) is 76.8 cm³/mol. The number of hydrogen-bond donors (Lipinski definition) is 2. The molecular formula is C13H23N3OS. The molecule has 1 rings (SSSR count). The molecule has 0 radical (unpaired) electrons. The molecule has 0 unspecified atom stereocenters.